The van der Waals surface area contributed by atoms with E-state index in [1.165, 1.54) is 5.56 Å². The summed E-state index contributed by atoms with van der Waals surface area (Å²) in [7, 11) is 0. The van der Waals surface area contributed by atoms with Crippen molar-refractivity contribution in [3.63, 3.8) is 0 Å². The fraction of sp³-hybridized carbons (Fsp3) is 0.737. The quantitative estimate of drug-likeness (QED) is 0.819. The molecule has 0 aliphatic carbocycles. The van der Waals surface area contributed by atoms with Gasteiger partial charge in [-0.05, 0) is 18.8 Å². The highest BCUT2D eigenvalue weighted by Gasteiger charge is 2.31. The van der Waals surface area contributed by atoms with Crippen LogP contribution >= 0.6 is 0 Å². The highest BCUT2D eigenvalue weighted by atomic mass is 16.5. The maximum Gasteiger partial charge on any atom is 0.244 e. The molecule has 1 aliphatic rings. The molecule has 3 heterocycles. The molecule has 1 fully saturated rings. The average molecular weight is 361 g/mol. The second-order valence-corrected chi connectivity index (χ2v) is 8.47. The van der Waals surface area contributed by atoms with Crippen LogP contribution in [0.2, 0.25) is 0 Å². The van der Waals surface area contributed by atoms with Crippen LogP contribution in [0.15, 0.2) is 10.7 Å². The zero-order valence-electron chi connectivity index (χ0n) is 16.5. The van der Waals surface area contributed by atoms with Crippen LogP contribution in [-0.4, -0.2) is 33.6 Å². The van der Waals surface area contributed by atoms with Gasteiger partial charge in [0.25, 0.3) is 0 Å². The third-order valence-electron chi connectivity index (χ3n) is 4.96. The Balaban J connectivity index is 1.78. The minimum Gasteiger partial charge on any atom is -0.381 e. The Hall–Kier alpha value is -1.73. The molecule has 0 bridgehead atoms. The van der Waals surface area contributed by atoms with Gasteiger partial charge in [0, 0.05) is 42.3 Å². The first-order valence-corrected chi connectivity index (χ1v) is 9.53. The lowest BCUT2D eigenvalue weighted by atomic mass is 9.88. The first kappa shape index (κ1) is 19.0. The predicted octanol–water partition coefficient (Wildman–Crippen LogP) is 3.47. The van der Waals surface area contributed by atoms with Crippen LogP contribution < -0.4 is 5.32 Å². The molecule has 2 N–H and O–H groups in total. The van der Waals surface area contributed by atoms with Crippen LogP contribution in [0.3, 0.4) is 0 Å². The number of H-pyrrole nitrogens is 1. The summed E-state index contributed by atoms with van der Waals surface area (Å²) in [6.07, 6.45) is 3.89. The van der Waals surface area contributed by atoms with Crippen LogP contribution in [-0.2, 0) is 16.7 Å². The minimum absolute atomic E-state index is 0.0248. The van der Waals surface area contributed by atoms with E-state index in [9.17, 15) is 0 Å². The molecular formula is C19H31N5O2. The number of rotatable bonds is 6. The van der Waals surface area contributed by atoms with Crippen LogP contribution in [0, 0.1) is 5.92 Å². The molecule has 0 spiro atoms. The normalized spacial score (nSPS) is 17.8. The zero-order valence-corrected chi connectivity index (χ0v) is 16.5. The standard InChI is InChI=1S/C19H31N5O2/c1-12(2)17-22-18(26-24-17)15(13-6-8-25-9-7-13)20-10-14-11-21-23-16(14)19(3,4)5/h11-13,15,20H,6-10H2,1-5H3,(H,21,23). The monoisotopic (exact) mass is 361 g/mol. The van der Waals surface area contributed by atoms with Gasteiger partial charge in [0.2, 0.25) is 5.89 Å². The second-order valence-electron chi connectivity index (χ2n) is 8.47. The first-order chi connectivity index (χ1) is 12.4. The van der Waals surface area contributed by atoms with Crippen molar-refractivity contribution in [2.24, 2.45) is 5.92 Å². The fourth-order valence-corrected chi connectivity index (χ4v) is 3.43. The molecule has 0 aromatic carbocycles. The summed E-state index contributed by atoms with van der Waals surface area (Å²) in [5.41, 5.74) is 2.36. The Morgan fingerprint density at radius 3 is 2.62 bits per heavy atom. The summed E-state index contributed by atoms with van der Waals surface area (Å²) in [5, 5.41) is 15.2. The van der Waals surface area contributed by atoms with E-state index in [2.05, 4.69) is 60.3 Å². The topological polar surface area (TPSA) is 88.9 Å². The highest BCUT2D eigenvalue weighted by molar-refractivity contribution is 5.23. The first-order valence-electron chi connectivity index (χ1n) is 9.53. The molecule has 1 unspecified atom stereocenters. The number of aromatic nitrogens is 4. The van der Waals surface area contributed by atoms with E-state index < -0.39 is 0 Å². The van der Waals surface area contributed by atoms with Crippen LogP contribution in [0.1, 0.15) is 82.4 Å². The molecular weight excluding hydrogens is 330 g/mol. The molecule has 0 saturated carbocycles. The van der Waals surface area contributed by atoms with Crippen molar-refractivity contribution in [3.8, 4) is 0 Å². The minimum atomic E-state index is 0.0248. The fourth-order valence-electron chi connectivity index (χ4n) is 3.43. The number of hydrogen-bond donors (Lipinski definition) is 2. The summed E-state index contributed by atoms with van der Waals surface area (Å²) in [6.45, 7) is 13.0. The molecule has 0 radical (unpaired) electrons. The molecule has 1 atom stereocenters. The summed E-state index contributed by atoms with van der Waals surface area (Å²) in [6, 6.07) is 0.0293. The molecule has 0 amide bonds. The van der Waals surface area contributed by atoms with Gasteiger partial charge in [0.05, 0.1) is 12.2 Å². The van der Waals surface area contributed by atoms with Gasteiger partial charge in [-0.15, -0.1) is 0 Å². The van der Waals surface area contributed by atoms with Crippen molar-refractivity contribution in [1.29, 1.82) is 0 Å². The van der Waals surface area contributed by atoms with Gasteiger partial charge < -0.3 is 14.6 Å². The molecule has 7 heteroatoms. The van der Waals surface area contributed by atoms with Gasteiger partial charge >= 0.3 is 0 Å². The van der Waals surface area contributed by atoms with Crippen LogP contribution in [0.5, 0.6) is 0 Å². The van der Waals surface area contributed by atoms with Crippen molar-refractivity contribution in [2.45, 2.75) is 71.4 Å². The van der Waals surface area contributed by atoms with E-state index in [0.717, 1.165) is 37.6 Å². The number of ether oxygens (including phenoxy) is 1. The van der Waals surface area contributed by atoms with Crippen LogP contribution in [0.25, 0.3) is 0 Å². The van der Waals surface area contributed by atoms with Crippen molar-refractivity contribution in [2.75, 3.05) is 13.2 Å². The number of aromatic amines is 1. The second kappa shape index (κ2) is 7.88. The highest BCUT2D eigenvalue weighted by Crippen LogP contribution is 2.31. The van der Waals surface area contributed by atoms with E-state index in [1.54, 1.807) is 0 Å². The number of hydrogen-bond acceptors (Lipinski definition) is 6. The van der Waals surface area contributed by atoms with Crippen molar-refractivity contribution >= 4 is 0 Å². The lowest BCUT2D eigenvalue weighted by molar-refractivity contribution is 0.0485. The summed E-state index contributed by atoms with van der Waals surface area (Å²) >= 11 is 0. The maximum atomic E-state index is 5.62. The van der Waals surface area contributed by atoms with Gasteiger partial charge in [-0.2, -0.15) is 10.1 Å². The van der Waals surface area contributed by atoms with E-state index in [4.69, 9.17) is 9.26 Å². The van der Waals surface area contributed by atoms with Crippen molar-refractivity contribution in [3.05, 3.63) is 29.2 Å². The predicted molar refractivity (Wildman–Crippen MR) is 98.8 cm³/mol. The lowest BCUT2D eigenvalue weighted by Gasteiger charge is -2.29. The molecule has 26 heavy (non-hydrogen) atoms. The molecule has 2 aromatic rings. The summed E-state index contributed by atoms with van der Waals surface area (Å²) < 4.78 is 11.2. The molecule has 7 nitrogen and oxygen atoms in total. The summed E-state index contributed by atoms with van der Waals surface area (Å²) in [5.74, 6) is 2.12. The molecule has 2 aromatic heterocycles. The molecule has 3 rings (SSSR count). The van der Waals surface area contributed by atoms with E-state index >= 15 is 0 Å². The van der Waals surface area contributed by atoms with E-state index in [1.807, 2.05) is 6.20 Å². The Morgan fingerprint density at radius 2 is 2.00 bits per heavy atom. The third kappa shape index (κ3) is 4.32. The smallest absolute Gasteiger partial charge is 0.244 e. The third-order valence-corrected chi connectivity index (χ3v) is 4.96. The Morgan fingerprint density at radius 1 is 1.27 bits per heavy atom. The average Bonchev–Trinajstić information content (AvgIpc) is 3.25. The van der Waals surface area contributed by atoms with Gasteiger partial charge in [-0.25, -0.2) is 0 Å². The van der Waals surface area contributed by atoms with Crippen molar-refractivity contribution in [1.82, 2.24) is 25.7 Å². The summed E-state index contributed by atoms with van der Waals surface area (Å²) in [4.78, 5) is 4.65. The molecule has 1 saturated heterocycles. The Bertz CT molecular complexity index is 695. The SMILES string of the molecule is CC(C)c1noc(C(NCc2cn[nH]c2C(C)(C)C)C2CCOCC2)n1. The molecule has 144 valence electrons. The van der Waals surface area contributed by atoms with Gasteiger partial charge in [0.1, 0.15) is 0 Å². The van der Waals surface area contributed by atoms with Gasteiger partial charge in [-0.3, -0.25) is 5.10 Å². The largest absolute Gasteiger partial charge is 0.381 e. The zero-order chi connectivity index (χ0) is 18.7. The van der Waals surface area contributed by atoms with Crippen LogP contribution in [0.4, 0.5) is 0 Å². The van der Waals surface area contributed by atoms with Gasteiger partial charge in [0.15, 0.2) is 5.82 Å². The van der Waals surface area contributed by atoms with E-state index in [0.29, 0.717) is 18.4 Å². The Kier molecular flexibility index (Phi) is 5.77. The molecule has 1 aliphatic heterocycles. The maximum absolute atomic E-state index is 5.62. The Labute approximate surface area is 155 Å². The number of nitrogens with zero attached hydrogens (tertiary/aromatic N) is 3. The van der Waals surface area contributed by atoms with Crippen molar-refractivity contribution < 1.29 is 9.26 Å². The van der Waals surface area contributed by atoms with Gasteiger partial charge in [-0.1, -0.05) is 39.8 Å². The van der Waals surface area contributed by atoms with E-state index in [-0.39, 0.29) is 17.4 Å². The lowest BCUT2D eigenvalue weighted by Crippen LogP contribution is -2.32. The number of nitrogens with one attached hydrogen (secondary N) is 2.